The van der Waals surface area contributed by atoms with E-state index in [1.54, 1.807) is 47.4 Å². The largest absolute Gasteiger partial charge is 0.465 e. The van der Waals surface area contributed by atoms with Gasteiger partial charge in [-0.25, -0.2) is 9.78 Å². The van der Waals surface area contributed by atoms with Gasteiger partial charge >= 0.3 is 5.97 Å². The minimum atomic E-state index is -0.380. The molecule has 0 unspecified atom stereocenters. The maximum absolute atomic E-state index is 12.3. The van der Waals surface area contributed by atoms with Crippen LogP contribution in [0.2, 0.25) is 0 Å². The van der Waals surface area contributed by atoms with E-state index < -0.39 is 0 Å². The molecule has 0 spiro atoms. The fourth-order valence-corrected chi connectivity index (χ4v) is 3.58. The van der Waals surface area contributed by atoms with Crippen LogP contribution < -0.4 is 5.32 Å². The standard InChI is InChI=1S/C20H16N4O4S/c1-27-20(26)18-7-6-17(29-18)15-8-9-24(23-15)11-19(25)22-14-4-2-13(3-5-14)16-10-21-12-28-16/h2-10,12H,11H2,1H3,(H,22,25). The zero-order valence-corrected chi connectivity index (χ0v) is 16.2. The normalized spacial score (nSPS) is 10.7. The topological polar surface area (TPSA) is 99.2 Å². The summed E-state index contributed by atoms with van der Waals surface area (Å²) in [5.41, 5.74) is 2.24. The Bertz CT molecular complexity index is 1130. The van der Waals surface area contributed by atoms with Gasteiger partial charge in [-0.05, 0) is 42.5 Å². The number of nitrogens with one attached hydrogen (secondary N) is 1. The number of anilines is 1. The molecular weight excluding hydrogens is 392 g/mol. The van der Waals surface area contributed by atoms with Gasteiger partial charge in [-0.3, -0.25) is 9.48 Å². The van der Waals surface area contributed by atoms with Gasteiger partial charge in [-0.2, -0.15) is 5.10 Å². The van der Waals surface area contributed by atoms with Crippen molar-refractivity contribution in [1.82, 2.24) is 14.8 Å². The summed E-state index contributed by atoms with van der Waals surface area (Å²) < 4.78 is 11.5. The van der Waals surface area contributed by atoms with E-state index in [4.69, 9.17) is 9.15 Å². The lowest BCUT2D eigenvalue weighted by molar-refractivity contribution is -0.116. The molecule has 0 radical (unpaired) electrons. The maximum Gasteiger partial charge on any atom is 0.348 e. The molecule has 9 heteroatoms. The summed E-state index contributed by atoms with van der Waals surface area (Å²) in [6, 6.07) is 12.6. The van der Waals surface area contributed by atoms with Crippen molar-refractivity contribution in [3.63, 3.8) is 0 Å². The van der Waals surface area contributed by atoms with Gasteiger partial charge in [-0.1, -0.05) is 0 Å². The average molecular weight is 408 g/mol. The summed E-state index contributed by atoms with van der Waals surface area (Å²) in [6.45, 7) is 0.0685. The molecule has 0 aliphatic heterocycles. The highest BCUT2D eigenvalue weighted by Gasteiger charge is 2.13. The van der Waals surface area contributed by atoms with Crippen LogP contribution in [0.1, 0.15) is 9.67 Å². The van der Waals surface area contributed by atoms with Crippen molar-refractivity contribution in [2.24, 2.45) is 0 Å². The molecule has 0 aliphatic carbocycles. The minimum Gasteiger partial charge on any atom is -0.465 e. The van der Waals surface area contributed by atoms with Gasteiger partial charge in [0.25, 0.3) is 0 Å². The number of hydrogen-bond donors (Lipinski definition) is 1. The number of benzene rings is 1. The third-order valence-corrected chi connectivity index (χ3v) is 5.16. The molecule has 0 saturated heterocycles. The molecular formula is C20H16N4O4S. The smallest absolute Gasteiger partial charge is 0.348 e. The van der Waals surface area contributed by atoms with E-state index in [0.29, 0.717) is 22.0 Å². The minimum absolute atomic E-state index is 0.0685. The molecule has 1 amide bonds. The molecule has 146 valence electrons. The lowest BCUT2D eigenvalue weighted by Crippen LogP contribution is -2.19. The first kappa shape index (κ1) is 18.6. The highest BCUT2D eigenvalue weighted by Crippen LogP contribution is 2.27. The molecule has 0 fully saturated rings. The fourth-order valence-electron chi connectivity index (χ4n) is 2.69. The number of oxazole rings is 1. The first-order valence-electron chi connectivity index (χ1n) is 8.63. The number of aromatic nitrogens is 3. The number of hydrogen-bond acceptors (Lipinski definition) is 7. The third-order valence-electron chi connectivity index (χ3n) is 4.08. The number of nitrogens with zero attached hydrogens (tertiary/aromatic N) is 3. The molecule has 29 heavy (non-hydrogen) atoms. The number of amides is 1. The molecule has 1 N–H and O–H groups in total. The van der Waals surface area contributed by atoms with Crippen LogP contribution in [0, 0.1) is 0 Å². The molecule has 0 saturated carbocycles. The first-order chi connectivity index (χ1) is 14.1. The monoisotopic (exact) mass is 408 g/mol. The summed E-state index contributed by atoms with van der Waals surface area (Å²) in [6.07, 6.45) is 4.72. The van der Waals surface area contributed by atoms with Gasteiger partial charge < -0.3 is 14.5 Å². The van der Waals surface area contributed by atoms with Crippen molar-refractivity contribution in [3.8, 4) is 21.9 Å². The van der Waals surface area contributed by atoms with Crippen LogP contribution >= 0.6 is 11.3 Å². The summed E-state index contributed by atoms with van der Waals surface area (Å²) in [5, 5.41) is 7.24. The summed E-state index contributed by atoms with van der Waals surface area (Å²) in [4.78, 5) is 29.1. The van der Waals surface area contributed by atoms with Gasteiger partial charge in [0.2, 0.25) is 5.91 Å². The van der Waals surface area contributed by atoms with Crippen molar-refractivity contribution in [1.29, 1.82) is 0 Å². The van der Waals surface area contributed by atoms with Crippen LogP contribution in [0.5, 0.6) is 0 Å². The number of methoxy groups -OCH3 is 1. The van der Waals surface area contributed by atoms with Crippen LogP contribution in [-0.2, 0) is 16.1 Å². The first-order valence-corrected chi connectivity index (χ1v) is 9.45. The van der Waals surface area contributed by atoms with Gasteiger partial charge in [-0.15, -0.1) is 11.3 Å². The van der Waals surface area contributed by atoms with Crippen molar-refractivity contribution in [2.45, 2.75) is 6.54 Å². The molecule has 4 aromatic rings. The van der Waals surface area contributed by atoms with Crippen LogP contribution in [-0.4, -0.2) is 33.8 Å². The Morgan fingerprint density at radius 1 is 1.17 bits per heavy atom. The second-order valence-corrected chi connectivity index (χ2v) is 7.13. The zero-order chi connectivity index (χ0) is 20.2. The Morgan fingerprint density at radius 3 is 2.72 bits per heavy atom. The van der Waals surface area contributed by atoms with Gasteiger partial charge in [0.05, 0.1) is 18.2 Å². The van der Waals surface area contributed by atoms with Crippen molar-refractivity contribution in [2.75, 3.05) is 12.4 Å². The van der Waals surface area contributed by atoms with Crippen LogP contribution in [0.15, 0.2) is 65.7 Å². The number of carbonyl (C=O) groups is 2. The average Bonchev–Trinajstić information content (AvgIpc) is 3.48. The summed E-state index contributed by atoms with van der Waals surface area (Å²) >= 11 is 1.29. The predicted molar refractivity (Wildman–Crippen MR) is 107 cm³/mol. The Balaban J connectivity index is 1.38. The molecule has 0 bridgehead atoms. The molecule has 8 nitrogen and oxygen atoms in total. The highest BCUT2D eigenvalue weighted by atomic mass is 32.1. The lowest BCUT2D eigenvalue weighted by atomic mass is 10.2. The van der Waals surface area contributed by atoms with E-state index in [-0.39, 0.29) is 18.4 Å². The number of carbonyl (C=O) groups excluding carboxylic acids is 2. The van der Waals surface area contributed by atoms with E-state index in [2.05, 4.69) is 15.4 Å². The second-order valence-electron chi connectivity index (χ2n) is 6.05. The van der Waals surface area contributed by atoms with Gasteiger partial charge in [0.15, 0.2) is 12.2 Å². The highest BCUT2D eigenvalue weighted by molar-refractivity contribution is 7.17. The van der Waals surface area contributed by atoms with Crippen molar-refractivity contribution >= 4 is 28.9 Å². The molecule has 3 aromatic heterocycles. The van der Waals surface area contributed by atoms with Gasteiger partial charge in [0, 0.05) is 17.4 Å². The second kappa shape index (κ2) is 8.11. The Hall–Kier alpha value is -3.72. The third kappa shape index (κ3) is 4.25. The summed E-state index contributed by atoms with van der Waals surface area (Å²) in [5.74, 6) is 0.0822. The predicted octanol–water partition coefficient (Wildman–Crippen LogP) is 3.69. The zero-order valence-electron chi connectivity index (χ0n) is 15.4. The fraction of sp³-hybridized carbons (Fsp3) is 0.100. The van der Waals surface area contributed by atoms with Crippen LogP contribution in [0.3, 0.4) is 0 Å². The number of esters is 1. The lowest BCUT2D eigenvalue weighted by Gasteiger charge is -2.06. The van der Waals surface area contributed by atoms with E-state index in [1.165, 1.54) is 24.8 Å². The molecule has 0 aliphatic rings. The Morgan fingerprint density at radius 2 is 2.00 bits per heavy atom. The van der Waals surface area contributed by atoms with Crippen LogP contribution in [0.4, 0.5) is 5.69 Å². The molecule has 3 heterocycles. The Labute approximate surface area is 169 Å². The SMILES string of the molecule is COC(=O)c1ccc(-c2ccn(CC(=O)Nc3ccc(-c4cnco4)cc3)n2)s1. The number of rotatable bonds is 6. The maximum atomic E-state index is 12.3. The van der Waals surface area contributed by atoms with E-state index >= 15 is 0 Å². The van der Waals surface area contributed by atoms with Gasteiger partial charge in [0.1, 0.15) is 17.1 Å². The van der Waals surface area contributed by atoms with Crippen molar-refractivity contribution in [3.05, 3.63) is 66.1 Å². The van der Waals surface area contributed by atoms with E-state index in [9.17, 15) is 9.59 Å². The quantitative estimate of drug-likeness (QED) is 0.489. The molecule has 4 rings (SSSR count). The number of ether oxygens (including phenoxy) is 1. The number of thiophene rings is 1. The molecule has 1 aromatic carbocycles. The summed E-state index contributed by atoms with van der Waals surface area (Å²) in [7, 11) is 1.34. The molecule has 0 atom stereocenters. The van der Waals surface area contributed by atoms with E-state index in [1.807, 2.05) is 12.1 Å². The van der Waals surface area contributed by atoms with Crippen molar-refractivity contribution < 1.29 is 18.7 Å². The van der Waals surface area contributed by atoms with Crippen LogP contribution in [0.25, 0.3) is 21.9 Å². The Kier molecular flexibility index (Phi) is 5.21. The van der Waals surface area contributed by atoms with E-state index in [0.717, 1.165) is 10.4 Å².